The molecule has 4 heteroatoms. The van der Waals surface area contributed by atoms with E-state index in [1.165, 1.54) is 0 Å². The molecule has 4 rings (SSSR count). The summed E-state index contributed by atoms with van der Waals surface area (Å²) in [5.74, 6) is 0.927. The Morgan fingerprint density at radius 3 is 2.56 bits per heavy atom. The van der Waals surface area contributed by atoms with Gasteiger partial charge in [-0.15, -0.1) is 0 Å². The molecule has 1 aromatic carbocycles. The Morgan fingerprint density at radius 2 is 1.93 bits per heavy atom. The number of carboxylic acid groups (broad SMARTS) is 1. The average molecular weight is 364 g/mol. The molecular formula is C23H28N2O2. The van der Waals surface area contributed by atoms with Crippen LogP contribution in [0.4, 0.5) is 5.82 Å². The van der Waals surface area contributed by atoms with E-state index in [0.717, 1.165) is 73.4 Å². The molecule has 1 atom stereocenters. The summed E-state index contributed by atoms with van der Waals surface area (Å²) in [5.41, 5.74) is 4.27. The lowest BCUT2D eigenvalue weighted by Crippen LogP contribution is -2.36. The van der Waals surface area contributed by atoms with E-state index in [1.807, 2.05) is 30.3 Å². The van der Waals surface area contributed by atoms with Crippen LogP contribution in [0, 0.1) is 5.92 Å². The summed E-state index contributed by atoms with van der Waals surface area (Å²) in [5, 5.41) is 10.2. The number of aromatic carboxylic acids is 1. The minimum atomic E-state index is -0.840. The molecule has 0 spiro atoms. The van der Waals surface area contributed by atoms with Crippen molar-refractivity contribution >= 4 is 11.8 Å². The molecule has 2 aromatic rings. The minimum absolute atomic E-state index is 0.266. The highest BCUT2D eigenvalue weighted by atomic mass is 16.4. The number of carbonyl (C=O) groups is 1. The zero-order valence-electron chi connectivity index (χ0n) is 16.2. The van der Waals surface area contributed by atoms with E-state index in [9.17, 15) is 9.90 Å². The number of nitrogens with zero attached hydrogens (tertiary/aromatic N) is 2. The fourth-order valence-corrected chi connectivity index (χ4v) is 4.87. The Hall–Kier alpha value is -2.36. The first kappa shape index (κ1) is 18.0. The van der Waals surface area contributed by atoms with E-state index in [4.69, 9.17) is 4.98 Å². The highest BCUT2D eigenvalue weighted by Crippen LogP contribution is 2.44. The van der Waals surface area contributed by atoms with Crippen LogP contribution in [0.25, 0.3) is 11.1 Å². The molecule has 1 N–H and O–H groups in total. The number of pyridine rings is 1. The largest absolute Gasteiger partial charge is 0.478 e. The second-order valence-electron chi connectivity index (χ2n) is 8.05. The van der Waals surface area contributed by atoms with Gasteiger partial charge >= 0.3 is 5.97 Å². The van der Waals surface area contributed by atoms with Gasteiger partial charge in [-0.25, -0.2) is 9.78 Å². The van der Waals surface area contributed by atoms with Crippen molar-refractivity contribution in [1.82, 2.24) is 4.98 Å². The summed E-state index contributed by atoms with van der Waals surface area (Å²) in [7, 11) is 0. The van der Waals surface area contributed by atoms with Gasteiger partial charge in [0.05, 0.1) is 11.3 Å². The van der Waals surface area contributed by atoms with Gasteiger partial charge in [0.2, 0.25) is 0 Å². The first-order chi connectivity index (χ1) is 13.1. The summed E-state index contributed by atoms with van der Waals surface area (Å²) in [4.78, 5) is 19.8. The van der Waals surface area contributed by atoms with Gasteiger partial charge in [-0.3, -0.25) is 0 Å². The van der Waals surface area contributed by atoms with Gasteiger partial charge in [0.25, 0.3) is 0 Å². The van der Waals surface area contributed by atoms with E-state index in [-0.39, 0.29) is 5.92 Å². The van der Waals surface area contributed by atoms with E-state index >= 15 is 0 Å². The van der Waals surface area contributed by atoms with Crippen molar-refractivity contribution in [2.45, 2.75) is 51.9 Å². The minimum Gasteiger partial charge on any atom is -0.478 e. The van der Waals surface area contributed by atoms with Crippen LogP contribution < -0.4 is 4.90 Å². The van der Waals surface area contributed by atoms with Crippen molar-refractivity contribution in [2.24, 2.45) is 5.92 Å². The molecule has 1 saturated carbocycles. The van der Waals surface area contributed by atoms with E-state index in [1.54, 1.807) is 0 Å². The molecule has 0 radical (unpaired) electrons. The monoisotopic (exact) mass is 364 g/mol. The second-order valence-corrected chi connectivity index (χ2v) is 8.05. The summed E-state index contributed by atoms with van der Waals surface area (Å²) < 4.78 is 0. The standard InChI is InChI=1S/C23H28N2O2/c1-3-25-14-15(2)13-18-19(16-9-5-4-6-10-16)20(23(26)27)21(24-22(18)25)17-11-7-8-12-17/h4-6,9-10,15,17H,3,7-8,11-14H2,1-2H3,(H,26,27). The predicted octanol–water partition coefficient (Wildman–Crippen LogP) is 5.12. The second kappa shape index (κ2) is 7.34. The zero-order valence-corrected chi connectivity index (χ0v) is 16.2. The maximum atomic E-state index is 12.4. The highest BCUT2D eigenvalue weighted by Gasteiger charge is 2.34. The van der Waals surface area contributed by atoms with Crippen LogP contribution in [0.3, 0.4) is 0 Å². The van der Waals surface area contributed by atoms with E-state index in [2.05, 4.69) is 18.7 Å². The van der Waals surface area contributed by atoms with Crippen molar-refractivity contribution in [3.05, 3.63) is 47.2 Å². The Morgan fingerprint density at radius 1 is 1.22 bits per heavy atom. The normalized spacial score (nSPS) is 19.9. The third kappa shape index (κ3) is 3.22. The molecule has 4 nitrogen and oxygen atoms in total. The van der Waals surface area contributed by atoms with Gasteiger partial charge in [0, 0.05) is 30.1 Å². The van der Waals surface area contributed by atoms with Crippen LogP contribution in [-0.4, -0.2) is 29.1 Å². The third-order valence-corrected chi connectivity index (χ3v) is 6.09. The smallest absolute Gasteiger partial charge is 0.338 e. The van der Waals surface area contributed by atoms with Crippen molar-refractivity contribution in [1.29, 1.82) is 0 Å². The average Bonchev–Trinajstić information content (AvgIpc) is 3.21. The number of rotatable bonds is 4. The SMILES string of the molecule is CCN1CC(C)Cc2c1nc(C1CCCC1)c(C(=O)O)c2-c1ccccc1. The van der Waals surface area contributed by atoms with Gasteiger partial charge < -0.3 is 10.0 Å². The number of hydrogen-bond acceptors (Lipinski definition) is 3. The molecule has 1 fully saturated rings. The number of hydrogen-bond donors (Lipinski definition) is 1. The van der Waals surface area contributed by atoms with Gasteiger partial charge in [0.15, 0.2) is 0 Å². The summed E-state index contributed by atoms with van der Waals surface area (Å²) in [6, 6.07) is 10.0. The maximum Gasteiger partial charge on any atom is 0.338 e. The van der Waals surface area contributed by atoms with Crippen molar-refractivity contribution in [3.63, 3.8) is 0 Å². The molecule has 27 heavy (non-hydrogen) atoms. The molecule has 0 bridgehead atoms. The first-order valence-electron chi connectivity index (χ1n) is 10.2. The number of fused-ring (bicyclic) bond motifs is 1. The van der Waals surface area contributed by atoms with Crippen LogP contribution >= 0.6 is 0 Å². The molecule has 1 aliphatic heterocycles. The maximum absolute atomic E-state index is 12.4. The van der Waals surface area contributed by atoms with Crippen LogP contribution in [0.5, 0.6) is 0 Å². The summed E-state index contributed by atoms with van der Waals surface area (Å²) >= 11 is 0. The number of benzene rings is 1. The number of carboxylic acids is 1. The van der Waals surface area contributed by atoms with Gasteiger partial charge in [0.1, 0.15) is 5.82 Å². The fraction of sp³-hybridized carbons (Fsp3) is 0.478. The first-order valence-corrected chi connectivity index (χ1v) is 10.2. The quantitative estimate of drug-likeness (QED) is 0.818. The predicted molar refractivity (Wildman–Crippen MR) is 109 cm³/mol. The summed E-state index contributed by atoms with van der Waals surface area (Å²) in [6.07, 6.45) is 5.30. The Labute approximate surface area is 161 Å². The van der Waals surface area contributed by atoms with Crippen molar-refractivity contribution in [2.75, 3.05) is 18.0 Å². The molecule has 142 valence electrons. The third-order valence-electron chi connectivity index (χ3n) is 6.09. The molecule has 0 amide bonds. The van der Waals surface area contributed by atoms with Crippen LogP contribution in [0.15, 0.2) is 30.3 Å². The number of anilines is 1. The molecule has 1 aliphatic carbocycles. The molecule has 2 heterocycles. The van der Waals surface area contributed by atoms with Crippen molar-refractivity contribution in [3.8, 4) is 11.1 Å². The lowest BCUT2D eigenvalue weighted by molar-refractivity contribution is 0.0695. The Balaban J connectivity index is 2.03. The Kier molecular flexibility index (Phi) is 4.90. The number of aromatic nitrogens is 1. The molecular weight excluding hydrogens is 336 g/mol. The zero-order chi connectivity index (χ0) is 19.0. The lowest BCUT2D eigenvalue weighted by atomic mass is 9.84. The van der Waals surface area contributed by atoms with Gasteiger partial charge in [-0.1, -0.05) is 50.1 Å². The van der Waals surface area contributed by atoms with Crippen LogP contribution in [0.1, 0.15) is 67.1 Å². The van der Waals surface area contributed by atoms with Crippen LogP contribution in [-0.2, 0) is 6.42 Å². The topological polar surface area (TPSA) is 53.4 Å². The highest BCUT2D eigenvalue weighted by molar-refractivity contribution is 5.99. The van der Waals surface area contributed by atoms with E-state index < -0.39 is 5.97 Å². The molecule has 1 aromatic heterocycles. The lowest BCUT2D eigenvalue weighted by Gasteiger charge is -2.36. The Bertz CT molecular complexity index is 841. The van der Waals surface area contributed by atoms with Gasteiger partial charge in [-0.05, 0) is 37.7 Å². The van der Waals surface area contributed by atoms with Crippen molar-refractivity contribution < 1.29 is 9.90 Å². The van der Waals surface area contributed by atoms with Gasteiger partial charge in [-0.2, -0.15) is 0 Å². The molecule has 1 unspecified atom stereocenters. The van der Waals surface area contributed by atoms with E-state index in [0.29, 0.717) is 11.5 Å². The molecule has 2 aliphatic rings. The fourth-order valence-electron chi connectivity index (χ4n) is 4.87. The van der Waals surface area contributed by atoms with Crippen LogP contribution in [0.2, 0.25) is 0 Å². The summed E-state index contributed by atoms with van der Waals surface area (Å²) in [6.45, 7) is 6.29. The molecule has 0 saturated heterocycles.